The van der Waals surface area contributed by atoms with Crippen LogP contribution in [-0.2, 0) is 13.2 Å². The Hall–Kier alpha value is -2.99. The molecule has 0 saturated heterocycles. The lowest BCUT2D eigenvalue weighted by atomic mass is 10.1. The van der Waals surface area contributed by atoms with Crippen molar-refractivity contribution in [3.8, 4) is 11.5 Å². The van der Waals surface area contributed by atoms with Gasteiger partial charge < -0.3 is 14.8 Å². The Morgan fingerprint density at radius 1 is 1.17 bits per heavy atom. The van der Waals surface area contributed by atoms with Crippen molar-refractivity contribution in [2.45, 2.75) is 26.5 Å². The summed E-state index contributed by atoms with van der Waals surface area (Å²) >= 11 is 5.90. The van der Waals surface area contributed by atoms with E-state index in [0.717, 1.165) is 24.2 Å². The van der Waals surface area contributed by atoms with Crippen LogP contribution in [0.4, 0.5) is 0 Å². The molecule has 152 valence electrons. The molecule has 1 N–H and O–H groups in total. The van der Waals surface area contributed by atoms with Gasteiger partial charge in [0.15, 0.2) is 0 Å². The lowest BCUT2D eigenvalue weighted by molar-refractivity contribution is 0.0952. The molecule has 0 bridgehead atoms. The van der Waals surface area contributed by atoms with E-state index in [-0.39, 0.29) is 12.5 Å². The van der Waals surface area contributed by atoms with Crippen molar-refractivity contribution >= 4 is 17.5 Å². The molecule has 0 aliphatic heterocycles. The number of carbonyl (C=O) groups excluding carboxylic acids is 1. The summed E-state index contributed by atoms with van der Waals surface area (Å²) in [7, 11) is 1.60. The lowest BCUT2D eigenvalue weighted by Crippen LogP contribution is -2.25. The Morgan fingerprint density at radius 2 is 1.97 bits per heavy atom. The van der Waals surface area contributed by atoms with Gasteiger partial charge in [0.1, 0.15) is 18.1 Å². The fraction of sp³-hybridized carbons (Fsp3) is 0.273. The molecule has 7 heteroatoms. The van der Waals surface area contributed by atoms with Crippen molar-refractivity contribution in [2.75, 3.05) is 13.7 Å². The number of rotatable bonds is 9. The predicted molar refractivity (Wildman–Crippen MR) is 113 cm³/mol. The van der Waals surface area contributed by atoms with E-state index in [9.17, 15) is 4.79 Å². The van der Waals surface area contributed by atoms with Gasteiger partial charge in [-0.05, 0) is 61.9 Å². The Labute approximate surface area is 175 Å². The molecule has 0 saturated carbocycles. The molecule has 3 aromatic rings. The van der Waals surface area contributed by atoms with Crippen LogP contribution in [0, 0.1) is 6.92 Å². The van der Waals surface area contributed by atoms with Crippen LogP contribution in [0.2, 0.25) is 5.02 Å². The topological polar surface area (TPSA) is 65.4 Å². The summed E-state index contributed by atoms with van der Waals surface area (Å²) in [6, 6.07) is 14.4. The van der Waals surface area contributed by atoms with Crippen molar-refractivity contribution in [1.82, 2.24) is 15.1 Å². The Balaban J connectivity index is 1.56. The van der Waals surface area contributed by atoms with Gasteiger partial charge in [-0.1, -0.05) is 11.6 Å². The Kier molecular flexibility index (Phi) is 7.14. The van der Waals surface area contributed by atoms with Crippen LogP contribution in [0.15, 0.2) is 54.7 Å². The van der Waals surface area contributed by atoms with Crippen LogP contribution in [0.5, 0.6) is 11.5 Å². The monoisotopic (exact) mass is 413 g/mol. The van der Waals surface area contributed by atoms with E-state index in [1.165, 1.54) is 0 Å². The van der Waals surface area contributed by atoms with Crippen LogP contribution in [-0.4, -0.2) is 29.3 Å². The summed E-state index contributed by atoms with van der Waals surface area (Å²) in [5.41, 5.74) is 2.35. The van der Waals surface area contributed by atoms with Gasteiger partial charge >= 0.3 is 0 Å². The first-order valence-corrected chi connectivity index (χ1v) is 9.76. The second-order valence-corrected chi connectivity index (χ2v) is 7.04. The maximum absolute atomic E-state index is 12.5. The van der Waals surface area contributed by atoms with Gasteiger partial charge in [0, 0.05) is 35.4 Å². The summed E-state index contributed by atoms with van der Waals surface area (Å²) in [5.74, 6) is 1.24. The molecule has 29 heavy (non-hydrogen) atoms. The lowest BCUT2D eigenvalue weighted by Gasteiger charge is -2.12. The summed E-state index contributed by atoms with van der Waals surface area (Å²) < 4.78 is 13.1. The molecular weight excluding hydrogens is 390 g/mol. The van der Waals surface area contributed by atoms with Crippen molar-refractivity contribution in [3.05, 3.63) is 76.6 Å². The second kappa shape index (κ2) is 9.98. The summed E-state index contributed by atoms with van der Waals surface area (Å²) in [4.78, 5) is 12.5. The minimum atomic E-state index is -0.128. The molecule has 2 aromatic carbocycles. The standard InChI is InChI=1S/C22H24ClN3O3/c1-16-10-13-26(25-16)12-3-11-24-22(27)17-4-9-21(28-2)18(14-17)15-29-20-7-5-19(23)6-8-20/h4-10,13-14H,3,11-12,15H2,1-2H3,(H,24,27). The van der Waals surface area contributed by atoms with Gasteiger partial charge in [0.25, 0.3) is 5.91 Å². The third-order valence-electron chi connectivity index (χ3n) is 4.37. The average molecular weight is 414 g/mol. The predicted octanol–water partition coefficient (Wildman–Crippen LogP) is 4.25. The highest BCUT2D eigenvalue weighted by Crippen LogP contribution is 2.23. The zero-order chi connectivity index (χ0) is 20.6. The minimum absolute atomic E-state index is 0.128. The number of halogens is 1. The number of hydrogen-bond acceptors (Lipinski definition) is 4. The van der Waals surface area contributed by atoms with E-state index in [2.05, 4.69) is 10.4 Å². The second-order valence-electron chi connectivity index (χ2n) is 6.60. The zero-order valence-electron chi connectivity index (χ0n) is 16.5. The molecular formula is C22H24ClN3O3. The third-order valence-corrected chi connectivity index (χ3v) is 4.63. The van der Waals surface area contributed by atoms with Crippen LogP contribution < -0.4 is 14.8 Å². The molecule has 0 radical (unpaired) electrons. The number of ether oxygens (including phenoxy) is 2. The number of amides is 1. The number of hydrogen-bond donors (Lipinski definition) is 1. The summed E-state index contributed by atoms with van der Waals surface area (Å²) in [6.07, 6.45) is 2.74. The molecule has 0 atom stereocenters. The molecule has 6 nitrogen and oxygen atoms in total. The number of carbonyl (C=O) groups is 1. The Morgan fingerprint density at radius 3 is 2.66 bits per heavy atom. The molecule has 3 rings (SSSR count). The molecule has 0 unspecified atom stereocenters. The number of methoxy groups -OCH3 is 1. The molecule has 1 amide bonds. The first-order chi connectivity index (χ1) is 14.0. The van der Waals surface area contributed by atoms with E-state index in [0.29, 0.717) is 28.6 Å². The van der Waals surface area contributed by atoms with E-state index in [4.69, 9.17) is 21.1 Å². The third kappa shape index (κ3) is 5.99. The normalized spacial score (nSPS) is 10.6. The van der Waals surface area contributed by atoms with E-state index < -0.39 is 0 Å². The highest BCUT2D eigenvalue weighted by molar-refractivity contribution is 6.30. The van der Waals surface area contributed by atoms with Gasteiger partial charge in [-0.2, -0.15) is 5.10 Å². The zero-order valence-corrected chi connectivity index (χ0v) is 17.3. The number of aryl methyl sites for hydroxylation is 2. The molecule has 0 spiro atoms. The maximum atomic E-state index is 12.5. The van der Waals surface area contributed by atoms with Gasteiger partial charge in [-0.3, -0.25) is 9.48 Å². The number of benzene rings is 2. The van der Waals surface area contributed by atoms with E-state index >= 15 is 0 Å². The minimum Gasteiger partial charge on any atom is -0.496 e. The molecule has 1 aromatic heterocycles. The largest absolute Gasteiger partial charge is 0.496 e. The van der Waals surface area contributed by atoms with Gasteiger partial charge in [-0.25, -0.2) is 0 Å². The highest BCUT2D eigenvalue weighted by Gasteiger charge is 2.11. The number of nitrogens with zero attached hydrogens (tertiary/aromatic N) is 2. The van der Waals surface area contributed by atoms with E-state index in [1.54, 1.807) is 49.6 Å². The van der Waals surface area contributed by atoms with E-state index in [1.807, 2.05) is 23.9 Å². The molecule has 0 aliphatic carbocycles. The van der Waals surface area contributed by atoms with Crippen molar-refractivity contribution < 1.29 is 14.3 Å². The van der Waals surface area contributed by atoms with Crippen molar-refractivity contribution in [3.63, 3.8) is 0 Å². The fourth-order valence-corrected chi connectivity index (χ4v) is 2.98. The van der Waals surface area contributed by atoms with Crippen LogP contribution >= 0.6 is 11.6 Å². The average Bonchev–Trinajstić information content (AvgIpc) is 3.15. The quantitative estimate of drug-likeness (QED) is 0.532. The smallest absolute Gasteiger partial charge is 0.251 e. The SMILES string of the molecule is COc1ccc(C(=O)NCCCn2ccc(C)n2)cc1COc1ccc(Cl)cc1. The fourth-order valence-electron chi connectivity index (χ4n) is 2.86. The summed E-state index contributed by atoms with van der Waals surface area (Å²) in [6.45, 7) is 3.57. The van der Waals surface area contributed by atoms with Crippen LogP contribution in [0.3, 0.4) is 0 Å². The van der Waals surface area contributed by atoms with Crippen molar-refractivity contribution in [2.24, 2.45) is 0 Å². The van der Waals surface area contributed by atoms with Crippen LogP contribution in [0.1, 0.15) is 28.0 Å². The number of aromatic nitrogens is 2. The van der Waals surface area contributed by atoms with Gasteiger partial charge in [0.05, 0.1) is 12.8 Å². The van der Waals surface area contributed by atoms with Gasteiger partial charge in [-0.15, -0.1) is 0 Å². The van der Waals surface area contributed by atoms with Gasteiger partial charge in [0.2, 0.25) is 0 Å². The Bertz CT molecular complexity index is 954. The molecule has 0 aliphatic rings. The van der Waals surface area contributed by atoms with Crippen molar-refractivity contribution in [1.29, 1.82) is 0 Å². The maximum Gasteiger partial charge on any atom is 0.251 e. The highest BCUT2D eigenvalue weighted by atomic mass is 35.5. The molecule has 0 fully saturated rings. The first-order valence-electron chi connectivity index (χ1n) is 9.38. The summed E-state index contributed by atoms with van der Waals surface area (Å²) in [5, 5.41) is 7.93. The first kappa shape index (κ1) is 20.7. The number of nitrogens with one attached hydrogen (secondary N) is 1. The molecule has 1 heterocycles. The van der Waals surface area contributed by atoms with Crippen LogP contribution in [0.25, 0.3) is 0 Å².